The van der Waals surface area contributed by atoms with Gasteiger partial charge in [0.25, 0.3) is 0 Å². The molecule has 1 saturated carbocycles. The summed E-state index contributed by atoms with van der Waals surface area (Å²) in [6.45, 7) is 7.89. The lowest BCUT2D eigenvalue weighted by molar-refractivity contribution is 0.105. The van der Waals surface area contributed by atoms with Crippen molar-refractivity contribution in [3.05, 3.63) is 23.8 Å². The summed E-state index contributed by atoms with van der Waals surface area (Å²) in [6.07, 6.45) is 6.26. The van der Waals surface area contributed by atoms with Crippen LogP contribution in [0.25, 0.3) is 0 Å². The van der Waals surface area contributed by atoms with E-state index >= 15 is 0 Å². The molecule has 6 heteroatoms. The van der Waals surface area contributed by atoms with Gasteiger partial charge in [0.15, 0.2) is 17.5 Å². The fourth-order valence-corrected chi connectivity index (χ4v) is 3.85. The molecule has 0 radical (unpaired) electrons. The van der Waals surface area contributed by atoms with Crippen molar-refractivity contribution in [3.8, 4) is 11.5 Å². The quantitative estimate of drug-likeness (QED) is 0.342. The number of hydrogen-bond acceptors (Lipinski definition) is 4. The summed E-state index contributed by atoms with van der Waals surface area (Å²) in [7, 11) is 3.47. The van der Waals surface area contributed by atoms with Gasteiger partial charge in [-0.25, -0.2) is 0 Å². The van der Waals surface area contributed by atoms with Gasteiger partial charge in [-0.05, 0) is 56.2 Å². The first-order valence-electron chi connectivity index (χ1n) is 10.5. The Hall–Kier alpha value is -1.95. The lowest BCUT2D eigenvalue weighted by Gasteiger charge is -2.30. The molecule has 1 aliphatic carbocycles. The third kappa shape index (κ3) is 6.59. The zero-order chi connectivity index (χ0) is 20.2. The van der Waals surface area contributed by atoms with Crippen LogP contribution in [0.15, 0.2) is 23.2 Å². The van der Waals surface area contributed by atoms with E-state index in [4.69, 9.17) is 14.2 Å². The largest absolute Gasteiger partial charge is 0.493 e. The maximum atomic E-state index is 5.67. The number of hydrogen-bond donors (Lipinski definition) is 2. The van der Waals surface area contributed by atoms with Crippen LogP contribution in [-0.4, -0.2) is 46.5 Å². The van der Waals surface area contributed by atoms with Crippen molar-refractivity contribution in [2.24, 2.45) is 10.4 Å². The molecule has 1 aliphatic rings. The normalized spacial score (nSPS) is 16.1. The summed E-state index contributed by atoms with van der Waals surface area (Å²) < 4.78 is 16.6. The number of methoxy groups -OCH3 is 1. The van der Waals surface area contributed by atoms with E-state index in [0.717, 1.165) is 49.2 Å². The summed E-state index contributed by atoms with van der Waals surface area (Å²) >= 11 is 0. The highest BCUT2D eigenvalue weighted by Gasteiger charge is 2.33. The van der Waals surface area contributed by atoms with Gasteiger partial charge in [-0.15, -0.1) is 0 Å². The fraction of sp³-hybridized carbons (Fsp3) is 0.682. The number of nitrogens with one attached hydrogen (secondary N) is 2. The van der Waals surface area contributed by atoms with Crippen LogP contribution >= 0.6 is 0 Å². The molecule has 2 rings (SSSR count). The maximum absolute atomic E-state index is 5.67. The van der Waals surface area contributed by atoms with E-state index in [1.165, 1.54) is 25.7 Å². The van der Waals surface area contributed by atoms with Crippen molar-refractivity contribution in [2.45, 2.75) is 52.5 Å². The van der Waals surface area contributed by atoms with Crippen LogP contribution in [-0.2, 0) is 11.3 Å². The minimum absolute atomic E-state index is 0.328. The average Bonchev–Trinajstić information content (AvgIpc) is 3.18. The molecule has 28 heavy (non-hydrogen) atoms. The van der Waals surface area contributed by atoms with E-state index in [9.17, 15) is 0 Å². The van der Waals surface area contributed by atoms with Gasteiger partial charge >= 0.3 is 0 Å². The van der Waals surface area contributed by atoms with Crippen LogP contribution in [0.2, 0.25) is 0 Å². The summed E-state index contributed by atoms with van der Waals surface area (Å²) in [5, 5.41) is 6.95. The zero-order valence-corrected chi connectivity index (χ0v) is 18.0. The Labute approximate surface area is 170 Å². The third-order valence-corrected chi connectivity index (χ3v) is 5.49. The SMILES string of the molecule is CCOCCC1(CNC(=NC)NCc2ccc(OC)c(OCC)c2)CCCC1. The second-order valence-corrected chi connectivity index (χ2v) is 7.35. The summed E-state index contributed by atoms with van der Waals surface area (Å²) in [6, 6.07) is 6.00. The number of benzene rings is 1. The molecule has 0 amide bonds. The van der Waals surface area contributed by atoms with Gasteiger partial charge < -0.3 is 24.8 Å². The van der Waals surface area contributed by atoms with Crippen molar-refractivity contribution in [3.63, 3.8) is 0 Å². The minimum Gasteiger partial charge on any atom is -0.493 e. The second kappa shape index (κ2) is 11.8. The van der Waals surface area contributed by atoms with Gasteiger partial charge in [-0.1, -0.05) is 18.9 Å². The first-order valence-corrected chi connectivity index (χ1v) is 10.5. The molecule has 0 atom stereocenters. The monoisotopic (exact) mass is 391 g/mol. The van der Waals surface area contributed by atoms with Gasteiger partial charge in [0.05, 0.1) is 13.7 Å². The molecule has 0 bridgehead atoms. The van der Waals surface area contributed by atoms with E-state index in [2.05, 4.69) is 22.5 Å². The zero-order valence-electron chi connectivity index (χ0n) is 18.0. The number of rotatable bonds is 11. The molecule has 0 unspecified atom stereocenters. The molecule has 1 aromatic rings. The first kappa shape index (κ1) is 22.3. The Morgan fingerprint density at radius 3 is 2.54 bits per heavy atom. The minimum atomic E-state index is 0.328. The van der Waals surface area contributed by atoms with Crippen LogP contribution in [0.5, 0.6) is 11.5 Å². The predicted octanol–water partition coefficient (Wildman–Crippen LogP) is 3.75. The highest BCUT2D eigenvalue weighted by molar-refractivity contribution is 5.79. The standard InChI is InChI=1S/C22H37N3O3/c1-5-27-14-13-22(11-7-8-12-22)17-25-21(23-3)24-16-18-9-10-19(26-4)20(15-18)28-6-2/h9-10,15H,5-8,11-14,16-17H2,1-4H3,(H2,23,24,25). The van der Waals surface area contributed by atoms with E-state index in [0.29, 0.717) is 18.6 Å². The summed E-state index contributed by atoms with van der Waals surface area (Å²) in [5.41, 5.74) is 1.45. The van der Waals surface area contributed by atoms with Crippen molar-refractivity contribution < 1.29 is 14.2 Å². The Bertz CT molecular complexity index is 613. The third-order valence-electron chi connectivity index (χ3n) is 5.49. The Balaban J connectivity index is 1.89. The van der Waals surface area contributed by atoms with Crippen LogP contribution in [0.1, 0.15) is 51.5 Å². The molecular weight excluding hydrogens is 354 g/mol. The van der Waals surface area contributed by atoms with Crippen LogP contribution in [0.3, 0.4) is 0 Å². The lowest BCUT2D eigenvalue weighted by Crippen LogP contribution is -2.43. The summed E-state index contributed by atoms with van der Waals surface area (Å²) in [5.74, 6) is 2.36. The van der Waals surface area contributed by atoms with Crippen molar-refractivity contribution in [1.82, 2.24) is 10.6 Å². The molecule has 6 nitrogen and oxygen atoms in total. The Morgan fingerprint density at radius 1 is 1.11 bits per heavy atom. The van der Waals surface area contributed by atoms with E-state index in [1.54, 1.807) is 7.11 Å². The highest BCUT2D eigenvalue weighted by Crippen LogP contribution is 2.40. The molecule has 158 valence electrons. The highest BCUT2D eigenvalue weighted by atomic mass is 16.5. The molecule has 0 saturated heterocycles. The van der Waals surface area contributed by atoms with Crippen LogP contribution < -0.4 is 20.1 Å². The van der Waals surface area contributed by atoms with Crippen LogP contribution in [0, 0.1) is 5.41 Å². The van der Waals surface area contributed by atoms with Gasteiger partial charge in [-0.3, -0.25) is 4.99 Å². The maximum Gasteiger partial charge on any atom is 0.191 e. The van der Waals surface area contributed by atoms with E-state index < -0.39 is 0 Å². The van der Waals surface area contributed by atoms with Gasteiger partial charge in [-0.2, -0.15) is 0 Å². The summed E-state index contributed by atoms with van der Waals surface area (Å²) in [4.78, 5) is 4.39. The molecular formula is C22H37N3O3. The number of nitrogens with zero attached hydrogens (tertiary/aromatic N) is 1. The number of ether oxygens (including phenoxy) is 3. The molecule has 0 spiro atoms. The first-order chi connectivity index (χ1) is 13.7. The molecule has 0 aromatic heterocycles. The van der Waals surface area contributed by atoms with Gasteiger partial charge in [0.1, 0.15) is 0 Å². The second-order valence-electron chi connectivity index (χ2n) is 7.35. The smallest absolute Gasteiger partial charge is 0.191 e. The average molecular weight is 392 g/mol. The van der Waals surface area contributed by atoms with Crippen LogP contribution in [0.4, 0.5) is 0 Å². The van der Waals surface area contributed by atoms with E-state index in [1.807, 2.05) is 32.2 Å². The number of guanidine groups is 1. The molecule has 0 aliphatic heterocycles. The molecule has 0 heterocycles. The topological polar surface area (TPSA) is 64.1 Å². The Morgan fingerprint density at radius 2 is 1.89 bits per heavy atom. The molecule has 1 aromatic carbocycles. The van der Waals surface area contributed by atoms with Gasteiger partial charge in [0, 0.05) is 33.4 Å². The van der Waals surface area contributed by atoms with Crippen molar-refractivity contribution in [1.29, 1.82) is 0 Å². The number of aliphatic imine (C=N–C) groups is 1. The molecule has 1 fully saturated rings. The Kier molecular flexibility index (Phi) is 9.41. The van der Waals surface area contributed by atoms with Crippen molar-refractivity contribution >= 4 is 5.96 Å². The van der Waals surface area contributed by atoms with E-state index in [-0.39, 0.29) is 0 Å². The predicted molar refractivity (Wildman–Crippen MR) is 114 cm³/mol. The molecule has 2 N–H and O–H groups in total. The lowest BCUT2D eigenvalue weighted by atomic mass is 9.83. The van der Waals surface area contributed by atoms with Gasteiger partial charge in [0.2, 0.25) is 0 Å². The van der Waals surface area contributed by atoms with Crippen molar-refractivity contribution in [2.75, 3.05) is 40.5 Å². The fourth-order valence-electron chi connectivity index (χ4n) is 3.85.